The van der Waals surface area contributed by atoms with Gasteiger partial charge < -0.3 is 14.9 Å². The number of carboxylic acid groups (broad SMARTS) is 1. The summed E-state index contributed by atoms with van der Waals surface area (Å²) in [6.07, 6.45) is 5.68. The highest BCUT2D eigenvalue weighted by Crippen LogP contribution is 2.27. The first-order valence-corrected chi connectivity index (χ1v) is 7.83. The maximum atomic E-state index is 12.5. The van der Waals surface area contributed by atoms with Gasteiger partial charge in [0.2, 0.25) is 0 Å². The van der Waals surface area contributed by atoms with Gasteiger partial charge in [-0.3, -0.25) is 4.79 Å². The van der Waals surface area contributed by atoms with Gasteiger partial charge in [0.1, 0.15) is 0 Å². The Balaban J connectivity index is 1.88. The molecule has 0 aromatic carbocycles. The topological polar surface area (TPSA) is 60.9 Å². The molecular weight excluding hydrogens is 256 g/mol. The number of rotatable bonds is 3. The van der Waals surface area contributed by atoms with Gasteiger partial charge in [0, 0.05) is 32.6 Å². The van der Waals surface area contributed by atoms with Crippen LogP contribution >= 0.6 is 0 Å². The maximum absolute atomic E-state index is 12.5. The van der Waals surface area contributed by atoms with Gasteiger partial charge in [-0.25, -0.2) is 4.79 Å². The van der Waals surface area contributed by atoms with E-state index in [0.717, 1.165) is 51.9 Å². The van der Waals surface area contributed by atoms with Crippen LogP contribution in [0.25, 0.3) is 0 Å². The summed E-state index contributed by atoms with van der Waals surface area (Å²) < 4.78 is 0. The van der Waals surface area contributed by atoms with E-state index in [0.29, 0.717) is 5.92 Å². The fraction of sp³-hybridized carbons (Fsp3) is 0.867. The first-order valence-electron chi connectivity index (χ1n) is 7.83. The molecule has 0 spiro atoms. The molecule has 5 nitrogen and oxygen atoms in total. The molecule has 2 unspecified atom stereocenters. The normalized spacial score (nSPS) is 25.4. The molecule has 2 heterocycles. The van der Waals surface area contributed by atoms with E-state index >= 15 is 0 Å². The Kier molecular flexibility index (Phi) is 5.26. The van der Waals surface area contributed by atoms with Gasteiger partial charge in [-0.1, -0.05) is 6.92 Å². The van der Waals surface area contributed by atoms with Gasteiger partial charge >= 0.3 is 12.0 Å². The molecule has 2 atom stereocenters. The molecule has 0 saturated carbocycles. The van der Waals surface area contributed by atoms with E-state index in [1.54, 1.807) is 0 Å². The van der Waals surface area contributed by atoms with Crippen LogP contribution in [0.3, 0.4) is 0 Å². The standard InChI is InChI=1S/C15H26N2O3/c1-12(10-14(18)19)13-6-5-9-17(11-13)15(20)16-7-3-2-4-8-16/h12-13H,2-11H2,1H3,(H,18,19). The molecule has 2 saturated heterocycles. The van der Waals surface area contributed by atoms with Crippen LogP contribution in [0.5, 0.6) is 0 Å². The molecule has 20 heavy (non-hydrogen) atoms. The van der Waals surface area contributed by atoms with Gasteiger partial charge in [0.15, 0.2) is 0 Å². The molecule has 1 N–H and O–H groups in total. The highest BCUT2D eigenvalue weighted by molar-refractivity contribution is 5.74. The van der Waals surface area contributed by atoms with Crippen LogP contribution in [0.2, 0.25) is 0 Å². The lowest BCUT2D eigenvalue weighted by Gasteiger charge is -2.39. The molecule has 0 radical (unpaired) electrons. The van der Waals surface area contributed by atoms with Crippen LogP contribution in [0, 0.1) is 11.8 Å². The molecular formula is C15H26N2O3. The first kappa shape index (κ1) is 15.1. The maximum Gasteiger partial charge on any atom is 0.320 e. The predicted octanol–water partition coefficient (Wildman–Crippen LogP) is 2.42. The third kappa shape index (κ3) is 3.87. The Labute approximate surface area is 120 Å². The average Bonchev–Trinajstić information content (AvgIpc) is 2.47. The Morgan fingerprint density at radius 1 is 1.10 bits per heavy atom. The quantitative estimate of drug-likeness (QED) is 0.864. The van der Waals surface area contributed by atoms with E-state index < -0.39 is 5.97 Å². The van der Waals surface area contributed by atoms with Crippen molar-refractivity contribution in [3.63, 3.8) is 0 Å². The molecule has 2 fully saturated rings. The summed E-state index contributed by atoms with van der Waals surface area (Å²) in [7, 11) is 0. The van der Waals surface area contributed by atoms with Crippen molar-refractivity contribution in [1.29, 1.82) is 0 Å². The second-order valence-electron chi connectivity index (χ2n) is 6.25. The fourth-order valence-corrected chi connectivity index (χ4v) is 3.38. The summed E-state index contributed by atoms with van der Waals surface area (Å²) in [5.41, 5.74) is 0. The van der Waals surface area contributed by atoms with Crippen molar-refractivity contribution < 1.29 is 14.7 Å². The molecule has 0 bridgehead atoms. The number of aliphatic carboxylic acids is 1. The minimum Gasteiger partial charge on any atom is -0.481 e. The molecule has 0 aliphatic carbocycles. The van der Waals surface area contributed by atoms with Crippen molar-refractivity contribution in [2.45, 2.75) is 45.4 Å². The molecule has 0 aromatic heterocycles. The van der Waals surface area contributed by atoms with E-state index in [-0.39, 0.29) is 18.4 Å². The zero-order chi connectivity index (χ0) is 14.5. The highest BCUT2D eigenvalue weighted by atomic mass is 16.4. The minimum absolute atomic E-state index is 0.143. The number of amides is 2. The van der Waals surface area contributed by atoms with E-state index in [9.17, 15) is 9.59 Å². The smallest absolute Gasteiger partial charge is 0.320 e. The fourth-order valence-electron chi connectivity index (χ4n) is 3.38. The van der Waals surface area contributed by atoms with Gasteiger partial charge in [-0.05, 0) is 43.9 Å². The summed E-state index contributed by atoms with van der Waals surface area (Å²) in [5.74, 6) is -0.268. The van der Waals surface area contributed by atoms with Crippen LogP contribution in [-0.4, -0.2) is 53.1 Å². The number of urea groups is 1. The lowest BCUT2D eigenvalue weighted by Crippen LogP contribution is -2.49. The lowest BCUT2D eigenvalue weighted by molar-refractivity contribution is -0.138. The number of carbonyl (C=O) groups excluding carboxylic acids is 1. The highest BCUT2D eigenvalue weighted by Gasteiger charge is 2.30. The zero-order valence-corrected chi connectivity index (χ0v) is 12.4. The number of nitrogens with zero attached hydrogens (tertiary/aromatic N) is 2. The number of hydrogen-bond acceptors (Lipinski definition) is 2. The molecule has 2 amide bonds. The Morgan fingerprint density at radius 2 is 1.75 bits per heavy atom. The van der Waals surface area contributed by atoms with Crippen LogP contribution in [0.4, 0.5) is 4.79 Å². The summed E-state index contributed by atoms with van der Waals surface area (Å²) in [5, 5.41) is 8.90. The predicted molar refractivity (Wildman–Crippen MR) is 76.5 cm³/mol. The third-order valence-electron chi connectivity index (χ3n) is 4.66. The average molecular weight is 282 g/mol. The van der Waals surface area contributed by atoms with E-state index in [4.69, 9.17) is 5.11 Å². The Bertz CT molecular complexity index is 353. The monoisotopic (exact) mass is 282 g/mol. The second kappa shape index (κ2) is 6.95. The Morgan fingerprint density at radius 3 is 2.40 bits per heavy atom. The summed E-state index contributed by atoms with van der Waals surface area (Å²) in [6, 6.07) is 0.164. The van der Waals surface area contributed by atoms with Crippen molar-refractivity contribution >= 4 is 12.0 Å². The SMILES string of the molecule is CC(CC(=O)O)C1CCCN(C(=O)N2CCCCC2)C1. The van der Waals surface area contributed by atoms with E-state index in [1.807, 2.05) is 16.7 Å². The van der Waals surface area contributed by atoms with Gasteiger partial charge in [-0.15, -0.1) is 0 Å². The minimum atomic E-state index is -0.739. The number of likely N-dealkylation sites (tertiary alicyclic amines) is 2. The zero-order valence-electron chi connectivity index (χ0n) is 12.4. The van der Waals surface area contributed by atoms with Crippen molar-refractivity contribution in [2.75, 3.05) is 26.2 Å². The largest absolute Gasteiger partial charge is 0.481 e. The van der Waals surface area contributed by atoms with Crippen molar-refractivity contribution in [2.24, 2.45) is 11.8 Å². The van der Waals surface area contributed by atoms with Crippen LogP contribution < -0.4 is 0 Å². The molecule has 0 aromatic rings. The van der Waals surface area contributed by atoms with Crippen molar-refractivity contribution in [3.05, 3.63) is 0 Å². The van der Waals surface area contributed by atoms with Crippen LogP contribution in [0.1, 0.15) is 45.4 Å². The number of carbonyl (C=O) groups is 2. The van der Waals surface area contributed by atoms with E-state index in [1.165, 1.54) is 6.42 Å². The van der Waals surface area contributed by atoms with Gasteiger partial charge in [0.25, 0.3) is 0 Å². The van der Waals surface area contributed by atoms with Gasteiger partial charge in [-0.2, -0.15) is 0 Å². The molecule has 114 valence electrons. The molecule has 2 aliphatic heterocycles. The number of carboxylic acids is 1. The first-order chi connectivity index (χ1) is 9.58. The Hall–Kier alpha value is -1.26. The second-order valence-corrected chi connectivity index (χ2v) is 6.25. The molecule has 5 heteroatoms. The van der Waals surface area contributed by atoms with Crippen LogP contribution in [0.15, 0.2) is 0 Å². The third-order valence-corrected chi connectivity index (χ3v) is 4.66. The summed E-state index contributed by atoms with van der Waals surface area (Å²) in [6.45, 7) is 5.30. The van der Waals surface area contributed by atoms with E-state index in [2.05, 4.69) is 0 Å². The van der Waals surface area contributed by atoms with Crippen LogP contribution in [-0.2, 0) is 4.79 Å². The lowest BCUT2D eigenvalue weighted by atomic mass is 9.85. The number of hydrogen-bond donors (Lipinski definition) is 1. The van der Waals surface area contributed by atoms with Crippen molar-refractivity contribution in [3.8, 4) is 0 Å². The summed E-state index contributed by atoms with van der Waals surface area (Å²) >= 11 is 0. The number of piperidine rings is 2. The summed E-state index contributed by atoms with van der Waals surface area (Å²) in [4.78, 5) is 27.2. The van der Waals surface area contributed by atoms with Crippen molar-refractivity contribution in [1.82, 2.24) is 9.80 Å². The molecule has 2 aliphatic rings. The molecule has 2 rings (SSSR count). The van der Waals surface area contributed by atoms with Gasteiger partial charge in [0.05, 0.1) is 0 Å².